The largest absolute Gasteiger partial charge is 0.493 e. The molecular weight excluding hydrogens is 466 g/mol. The molecule has 3 aromatic carbocycles. The molecule has 5 rings (SSSR count). The van der Waals surface area contributed by atoms with Gasteiger partial charge in [0.25, 0.3) is 0 Å². The van der Waals surface area contributed by atoms with E-state index in [-0.39, 0.29) is 0 Å². The molecule has 2 heterocycles. The summed E-state index contributed by atoms with van der Waals surface area (Å²) in [6.07, 6.45) is 3.82. The van der Waals surface area contributed by atoms with Gasteiger partial charge in [0, 0.05) is 17.1 Å². The van der Waals surface area contributed by atoms with Crippen LogP contribution >= 0.6 is 0 Å². The SMILES string of the molecule is COc1cc2c(Nc3ccc(Oc4ccc(C#N)cc4)cc3)ncnc2cc1OCC1CCN(C)CC1. The summed E-state index contributed by atoms with van der Waals surface area (Å²) < 4.78 is 17.7. The summed E-state index contributed by atoms with van der Waals surface area (Å²) in [5, 5.41) is 13.1. The van der Waals surface area contributed by atoms with Gasteiger partial charge in [0.2, 0.25) is 0 Å². The van der Waals surface area contributed by atoms with E-state index in [9.17, 15) is 0 Å². The molecule has 8 nitrogen and oxygen atoms in total. The van der Waals surface area contributed by atoms with Crippen LogP contribution in [0.15, 0.2) is 67.0 Å². The Hall–Kier alpha value is -4.35. The van der Waals surface area contributed by atoms with Crippen LogP contribution in [-0.2, 0) is 0 Å². The van der Waals surface area contributed by atoms with Crippen LogP contribution in [0.4, 0.5) is 11.5 Å². The minimum atomic E-state index is 0.545. The first-order valence-electron chi connectivity index (χ1n) is 12.3. The quantitative estimate of drug-likeness (QED) is 0.330. The van der Waals surface area contributed by atoms with Crippen molar-refractivity contribution in [1.29, 1.82) is 5.26 Å². The summed E-state index contributed by atoms with van der Waals surface area (Å²) in [4.78, 5) is 11.3. The molecule has 0 unspecified atom stereocenters. The first-order valence-corrected chi connectivity index (χ1v) is 12.3. The smallest absolute Gasteiger partial charge is 0.163 e. The van der Waals surface area contributed by atoms with Crippen molar-refractivity contribution in [1.82, 2.24) is 14.9 Å². The monoisotopic (exact) mass is 495 g/mol. The molecule has 188 valence electrons. The number of piperidine rings is 1. The maximum atomic E-state index is 8.94. The van der Waals surface area contributed by atoms with Crippen molar-refractivity contribution in [2.75, 3.05) is 39.2 Å². The fourth-order valence-electron chi connectivity index (χ4n) is 4.35. The van der Waals surface area contributed by atoms with Gasteiger partial charge in [-0.25, -0.2) is 9.97 Å². The molecule has 1 fully saturated rings. The number of anilines is 2. The molecule has 0 spiro atoms. The third-order valence-electron chi connectivity index (χ3n) is 6.57. The van der Waals surface area contributed by atoms with Gasteiger partial charge in [-0.15, -0.1) is 0 Å². The van der Waals surface area contributed by atoms with Gasteiger partial charge in [-0.2, -0.15) is 5.26 Å². The molecule has 37 heavy (non-hydrogen) atoms. The van der Waals surface area contributed by atoms with Crippen molar-refractivity contribution < 1.29 is 14.2 Å². The molecule has 0 aliphatic carbocycles. The van der Waals surface area contributed by atoms with Crippen LogP contribution < -0.4 is 19.5 Å². The van der Waals surface area contributed by atoms with Crippen molar-refractivity contribution in [2.24, 2.45) is 5.92 Å². The van der Waals surface area contributed by atoms with Crippen LogP contribution in [0.3, 0.4) is 0 Å². The molecule has 1 aliphatic heterocycles. The molecule has 1 saturated heterocycles. The third kappa shape index (κ3) is 5.90. The van der Waals surface area contributed by atoms with Crippen LogP contribution in [0.25, 0.3) is 10.9 Å². The summed E-state index contributed by atoms with van der Waals surface area (Å²) in [6.45, 7) is 2.88. The second-order valence-electron chi connectivity index (χ2n) is 9.19. The highest BCUT2D eigenvalue weighted by Crippen LogP contribution is 2.35. The van der Waals surface area contributed by atoms with Gasteiger partial charge < -0.3 is 24.4 Å². The lowest BCUT2D eigenvalue weighted by atomic mass is 9.98. The van der Waals surface area contributed by atoms with Crippen LogP contribution in [-0.4, -0.2) is 48.7 Å². The van der Waals surface area contributed by atoms with Gasteiger partial charge in [0.15, 0.2) is 11.5 Å². The standard InChI is InChI=1S/C29H29N5O3/c1-34-13-11-21(12-14-34)18-36-28-16-26-25(15-27(28)35-2)29(32-19-31-26)33-22-5-9-24(10-6-22)37-23-7-3-20(17-30)4-8-23/h3-10,15-16,19,21H,11-14,18H2,1-2H3,(H,31,32,33). The van der Waals surface area contributed by atoms with Crippen LogP contribution in [0.2, 0.25) is 0 Å². The maximum absolute atomic E-state index is 8.94. The lowest BCUT2D eigenvalue weighted by Gasteiger charge is -2.28. The Labute approximate surface area is 216 Å². The average Bonchev–Trinajstić information content (AvgIpc) is 2.94. The van der Waals surface area contributed by atoms with E-state index in [4.69, 9.17) is 19.5 Å². The Bertz CT molecular complexity index is 1390. The number of rotatable bonds is 8. The fourth-order valence-corrected chi connectivity index (χ4v) is 4.35. The van der Waals surface area contributed by atoms with E-state index in [1.165, 1.54) is 0 Å². The number of nitriles is 1. The molecule has 0 atom stereocenters. The van der Waals surface area contributed by atoms with Gasteiger partial charge in [-0.1, -0.05) is 0 Å². The Morgan fingerprint density at radius 3 is 2.35 bits per heavy atom. The Morgan fingerprint density at radius 2 is 1.68 bits per heavy atom. The molecule has 1 N–H and O–H groups in total. The normalized spacial score (nSPS) is 14.2. The first kappa shape index (κ1) is 24.3. The van der Waals surface area contributed by atoms with E-state index in [2.05, 4.69) is 33.3 Å². The summed E-state index contributed by atoms with van der Waals surface area (Å²) >= 11 is 0. The number of ether oxygens (including phenoxy) is 3. The number of aromatic nitrogens is 2. The molecule has 0 saturated carbocycles. The van der Waals surface area contributed by atoms with Crippen molar-refractivity contribution >= 4 is 22.4 Å². The molecular formula is C29H29N5O3. The van der Waals surface area contributed by atoms with E-state index in [0.29, 0.717) is 46.9 Å². The first-order chi connectivity index (χ1) is 18.1. The lowest BCUT2D eigenvalue weighted by molar-refractivity contribution is 0.157. The average molecular weight is 496 g/mol. The molecule has 8 heteroatoms. The molecule has 1 aromatic heterocycles. The van der Waals surface area contributed by atoms with Crippen molar-refractivity contribution in [3.8, 4) is 29.1 Å². The van der Waals surface area contributed by atoms with Crippen molar-refractivity contribution in [3.05, 3.63) is 72.6 Å². The number of fused-ring (bicyclic) bond motifs is 1. The van der Waals surface area contributed by atoms with Gasteiger partial charge >= 0.3 is 0 Å². The van der Waals surface area contributed by atoms with Crippen LogP contribution in [0.5, 0.6) is 23.0 Å². The molecule has 1 aliphatic rings. The summed E-state index contributed by atoms with van der Waals surface area (Å²) in [6, 6.07) is 20.5. The number of nitrogens with one attached hydrogen (secondary N) is 1. The lowest BCUT2D eigenvalue weighted by Crippen LogP contribution is -2.32. The van der Waals surface area contributed by atoms with Crippen molar-refractivity contribution in [3.63, 3.8) is 0 Å². The highest BCUT2D eigenvalue weighted by molar-refractivity contribution is 5.93. The zero-order chi connectivity index (χ0) is 25.6. The minimum absolute atomic E-state index is 0.545. The summed E-state index contributed by atoms with van der Waals surface area (Å²) in [7, 11) is 3.81. The van der Waals surface area contributed by atoms with Gasteiger partial charge in [0.1, 0.15) is 23.6 Å². The van der Waals surface area contributed by atoms with Gasteiger partial charge in [-0.05, 0) is 93.5 Å². The highest BCUT2D eigenvalue weighted by Gasteiger charge is 2.19. The predicted octanol–water partition coefficient (Wildman–Crippen LogP) is 5.77. The van der Waals surface area contributed by atoms with Crippen LogP contribution in [0.1, 0.15) is 18.4 Å². The molecule has 4 aromatic rings. The molecule has 0 bridgehead atoms. The van der Waals surface area contributed by atoms with Crippen LogP contribution in [0, 0.1) is 17.2 Å². The molecule has 0 radical (unpaired) electrons. The minimum Gasteiger partial charge on any atom is -0.493 e. The van der Waals surface area contributed by atoms with Gasteiger partial charge in [0.05, 0.1) is 30.9 Å². The zero-order valence-corrected chi connectivity index (χ0v) is 21.0. The Balaban J connectivity index is 1.29. The highest BCUT2D eigenvalue weighted by atomic mass is 16.5. The van der Waals surface area contributed by atoms with Crippen molar-refractivity contribution in [2.45, 2.75) is 12.8 Å². The van der Waals surface area contributed by atoms with E-state index in [1.54, 1.807) is 37.7 Å². The summed E-state index contributed by atoms with van der Waals surface area (Å²) in [5.41, 5.74) is 2.22. The number of methoxy groups -OCH3 is 1. The third-order valence-corrected chi connectivity index (χ3v) is 6.57. The topological polar surface area (TPSA) is 92.5 Å². The Morgan fingerprint density at radius 1 is 0.973 bits per heavy atom. The number of benzene rings is 3. The second-order valence-corrected chi connectivity index (χ2v) is 9.19. The predicted molar refractivity (Wildman–Crippen MR) is 143 cm³/mol. The second kappa shape index (κ2) is 11.1. The maximum Gasteiger partial charge on any atom is 0.163 e. The number of hydrogen-bond acceptors (Lipinski definition) is 8. The summed E-state index contributed by atoms with van der Waals surface area (Å²) in [5.74, 6) is 3.93. The van der Waals surface area contributed by atoms with E-state index in [1.807, 2.05) is 36.4 Å². The Kier molecular flexibility index (Phi) is 7.33. The van der Waals surface area contributed by atoms with E-state index >= 15 is 0 Å². The van der Waals surface area contributed by atoms with E-state index in [0.717, 1.165) is 42.5 Å². The number of nitrogens with zero attached hydrogens (tertiary/aromatic N) is 4. The fraction of sp³-hybridized carbons (Fsp3) is 0.276. The number of likely N-dealkylation sites (tertiary alicyclic amines) is 1. The zero-order valence-electron chi connectivity index (χ0n) is 21.0. The molecule has 0 amide bonds. The number of hydrogen-bond donors (Lipinski definition) is 1. The van der Waals surface area contributed by atoms with Gasteiger partial charge in [-0.3, -0.25) is 0 Å². The van der Waals surface area contributed by atoms with E-state index < -0.39 is 0 Å².